The molecule has 1 aliphatic rings. The third-order valence-corrected chi connectivity index (χ3v) is 4.99. The maximum atomic E-state index is 12.3. The molecule has 26 heavy (non-hydrogen) atoms. The van der Waals surface area contributed by atoms with Crippen molar-refractivity contribution in [2.45, 2.75) is 39.0 Å². The Balaban J connectivity index is 1.54. The van der Waals surface area contributed by atoms with Gasteiger partial charge in [0.15, 0.2) is 0 Å². The Morgan fingerprint density at radius 3 is 2.65 bits per heavy atom. The van der Waals surface area contributed by atoms with Gasteiger partial charge in [-0.1, -0.05) is 50.1 Å². The van der Waals surface area contributed by atoms with Crippen molar-refractivity contribution in [2.24, 2.45) is 5.92 Å². The summed E-state index contributed by atoms with van der Waals surface area (Å²) in [5.41, 5.74) is 2.03. The first-order chi connectivity index (χ1) is 12.8. The van der Waals surface area contributed by atoms with Gasteiger partial charge >= 0.3 is 0 Å². The molecule has 1 saturated heterocycles. The molecule has 5 heteroatoms. The average molecular weight is 352 g/mol. The van der Waals surface area contributed by atoms with E-state index in [1.165, 1.54) is 12.8 Å². The molecular formula is C21H28N4O. The van der Waals surface area contributed by atoms with Crippen LogP contribution in [0.1, 0.15) is 39.0 Å². The predicted molar refractivity (Wildman–Crippen MR) is 105 cm³/mol. The van der Waals surface area contributed by atoms with Crippen LogP contribution in [-0.4, -0.2) is 35.5 Å². The van der Waals surface area contributed by atoms with Gasteiger partial charge in [0.2, 0.25) is 5.91 Å². The second kappa shape index (κ2) is 9.32. The molecule has 1 aromatic carbocycles. The third-order valence-electron chi connectivity index (χ3n) is 4.99. The summed E-state index contributed by atoms with van der Waals surface area (Å²) in [5, 5.41) is 3.09. The first-order valence-electron chi connectivity index (χ1n) is 9.68. The molecule has 1 fully saturated rings. The Morgan fingerprint density at radius 2 is 1.92 bits per heavy atom. The topological polar surface area (TPSA) is 58.1 Å². The molecule has 0 atom stereocenters. The van der Waals surface area contributed by atoms with Crippen LogP contribution < -0.4 is 10.2 Å². The maximum Gasteiger partial charge on any atom is 0.223 e. The Bertz CT molecular complexity index is 696. The molecule has 1 N–H and O–H groups in total. The second-order valence-electron chi connectivity index (χ2n) is 6.89. The molecule has 0 spiro atoms. The molecule has 0 radical (unpaired) electrons. The average Bonchev–Trinajstić information content (AvgIpc) is 2.72. The normalized spacial score (nSPS) is 15.0. The lowest BCUT2D eigenvalue weighted by Crippen LogP contribution is -2.41. The molecule has 3 rings (SSSR count). The minimum atomic E-state index is 0.128. The van der Waals surface area contributed by atoms with Crippen LogP contribution in [0.3, 0.4) is 0 Å². The van der Waals surface area contributed by atoms with Crippen LogP contribution in [0.15, 0.2) is 42.7 Å². The quantitative estimate of drug-likeness (QED) is 0.773. The monoisotopic (exact) mass is 352 g/mol. The van der Waals surface area contributed by atoms with Gasteiger partial charge < -0.3 is 10.2 Å². The molecule has 0 bridgehead atoms. The molecule has 138 valence electrons. The zero-order valence-electron chi connectivity index (χ0n) is 15.5. The smallest absolute Gasteiger partial charge is 0.223 e. The number of nitrogens with one attached hydrogen (secondary N) is 1. The van der Waals surface area contributed by atoms with E-state index < -0.39 is 0 Å². The fourth-order valence-corrected chi connectivity index (χ4v) is 3.39. The molecule has 1 amide bonds. The molecular weight excluding hydrogens is 324 g/mol. The van der Waals surface area contributed by atoms with Gasteiger partial charge in [0.25, 0.3) is 0 Å². The summed E-state index contributed by atoms with van der Waals surface area (Å²) in [7, 11) is 0. The lowest BCUT2D eigenvalue weighted by molar-refractivity contribution is -0.125. The lowest BCUT2D eigenvalue weighted by Gasteiger charge is -2.32. The van der Waals surface area contributed by atoms with Gasteiger partial charge in [-0.25, -0.2) is 9.97 Å². The zero-order chi connectivity index (χ0) is 18.2. The third kappa shape index (κ3) is 4.81. The summed E-state index contributed by atoms with van der Waals surface area (Å²) >= 11 is 0. The highest BCUT2D eigenvalue weighted by atomic mass is 16.1. The highest BCUT2D eigenvalue weighted by Gasteiger charge is 2.25. The van der Waals surface area contributed by atoms with Gasteiger partial charge in [0.05, 0.1) is 5.69 Å². The molecule has 0 unspecified atom stereocenters. The van der Waals surface area contributed by atoms with Gasteiger partial charge in [-0.2, -0.15) is 0 Å². The number of carbonyl (C=O) groups is 1. The molecule has 2 aromatic rings. The molecule has 5 nitrogen and oxygen atoms in total. The number of hydrogen-bond acceptors (Lipinski definition) is 4. The number of benzene rings is 1. The number of nitrogens with zero attached hydrogens (tertiary/aromatic N) is 3. The van der Waals surface area contributed by atoms with Gasteiger partial charge in [-0.15, -0.1) is 0 Å². The van der Waals surface area contributed by atoms with E-state index in [1.54, 1.807) is 6.33 Å². The van der Waals surface area contributed by atoms with Crippen LogP contribution >= 0.6 is 0 Å². The summed E-state index contributed by atoms with van der Waals surface area (Å²) < 4.78 is 0. The number of rotatable bonds is 7. The van der Waals surface area contributed by atoms with E-state index in [4.69, 9.17) is 0 Å². The Kier molecular flexibility index (Phi) is 6.58. The largest absolute Gasteiger partial charge is 0.356 e. The lowest BCUT2D eigenvalue weighted by atomic mass is 9.96. The first kappa shape index (κ1) is 18.4. The summed E-state index contributed by atoms with van der Waals surface area (Å²) in [6, 6.07) is 12.2. The van der Waals surface area contributed by atoms with E-state index in [2.05, 4.69) is 39.2 Å². The van der Waals surface area contributed by atoms with Gasteiger partial charge in [-0.05, 0) is 19.3 Å². The maximum absolute atomic E-state index is 12.3. The van der Waals surface area contributed by atoms with Crippen molar-refractivity contribution in [3.63, 3.8) is 0 Å². The summed E-state index contributed by atoms with van der Waals surface area (Å²) in [5.74, 6) is 1.29. The zero-order valence-corrected chi connectivity index (χ0v) is 15.5. The highest BCUT2D eigenvalue weighted by Crippen LogP contribution is 2.25. The van der Waals surface area contributed by atoms with Crippen molar-refractivity contribution in [2.75, 3.05) is 24.5 Å². The van der Waals surface area contributed by atoms with Crippen molar-refractivity contribution in [1.82, 2.24) is 15.3 Å². The van der Waals surface area contributed by atoms with E-state index in [9.17, 15) is 4.79 Å². The Morgan fingerprint density at radius 1 is 1.15 bits per heavy atom. The van der Waals surface area contributed by atoms with E-state index in [0.717, 1.165) is 56.0 Å². The SMILES string of the molecule is CCCCCNC(=O)C1CCN(c2cc(-c3ccccc3)ncn2)CC1. The summed E-state index contributed by atoms with van der Waals surface area (Å²) in [4.78, 5) is 23.4. The predicted octanol–water partition coefficient (Wildman–Crippen LogP) is 3.67. The van der Waals surface area contributed by atoms with E-state index >= 15 is 0 Å². The number of amides is 1. The molecule has 1 aliphatic heterocycles. The van der Waals surface area contributed by atoms with Crippen molar-refractivity contribution in [3.8, 4) is 11.3 Å². The Hall–Kier alpha value is -2.43. The van der Waals surface area contributed by atoms with Crippen molar-refractivity contribution < 1.29 is 4.79 Å². The fraction of sp³-hybridized carbons (Fsp3) is 0.476. The van der Waals surface area contributed by atoms with Crippen LogP contribution in [-0.2, 0) is 4.79 Å². The van der Waals surface area contributed by atoms with Gasteiger partial charge in [-0.3, -0.25) is 4.79 Å². The number of unbranched alkanes of at least 4 members (excludes halogenated alkanes) is 2. The van der Waals surface area contributed by atoms with Crippen molar-refractivity contribution in [3.05, 3.63) is 42.7 Å². The van der Waals surface area contributed by atoms with Crippen LogP contribution in [0.2, 0.25) is 0 Å². The van der Waals surface area contributed by atoms with Crippen molar-refractivity contribution in [1.29, 1.82) is 0 Å². The second-order valence-corrected chi connectivity index (χ2v) is 6.89. The minimum Gasteiger partial charge on any atom is -0.356 e. The van der Waals surface area contributed by atoms with Crippen LogP contribution in [0, 0.1) is 5.92 Å². The Labute approximate surface area is 155 Å². The summed E-state index contributed by atoms with van der Waals surface area (Å²) in [6.45, 7) is 4.70. The molecule has 1 aromatic heterocycles. The number of hydrogen-bond donors (Lipinski definition) is 1. The van der Waals surface area contributed by atoms with E-state index in [1.807, 2.05) is 24.3 Å². The van der Waals surface area contributed by atoms with E-state index in [0.29, 0.717) is 0 Å². The first-order valence-corrected chi connectivity index (χ1v) is 9.68. The van der Waals surface area contributed by atoms with Crippen LogP contribution in [0.25, 0.3) is 11.3 Å². The molecule has 0 saturated carbocycles. The number of carbonyl (C=O) groups excluding carboxylic acids is 1. The van der Waals surface area contributed by atoms with Crippen LogP contribution in [0.5, 0.6) is 0 Å². The fourth-order valence-electron chi connectivity index (χ4n) is 3.39. The van der Waals surface area contributed by atoms with Crippen molar-refractivity contribution >= 4 is 11.7 Å². The van der Waals surface area contributed by atoms with Gasteiger partial charge in [0, 0.05) is 37.2 Å². The van der Waals surface area contributed by atoms with Crippen LogP contribution in [0.4, 0.5) is 5.82 Å². The molecule has 0 aliphatic carbocycles. The number of anilines is 1. The van der Waals surface area contributed by atoms with Gasteiger partial charge in [0.1, 0.15) is 12.1 Å². The standard InChI is InChI=1S/C21H28N4O/c1-2-3-7-12-22-21(26)18-10-13-25(14-11-18)20-15-19(23-16-24-20)17-8-5-4-6-9-17/h4-6,8-9,15-16,18H,2-3,7,10-14H2,1H3,(H,22,26). The number of aromatic nitrogens is 2. The molecule has 2 heterocycles. The minimum absolute atomic E-state index is 0.128. The number of piperidine rings is 1. The summed E-state index contributed by atoms with van der Waals surface area (Å²) in [6.07, 6.45) is 6.82. The highest BCUT2D eigenvalue weighted by molar-refractivity contribution is 5.79. The van der Waals surface area contributed by atoms with E-state index in [-0.39, 0.29) is 11.8 Å².